The zero-order valence-corrected chi connectivity index (χ0v) is 18.9. The lowest BCUT2D eigenvalue weighted by atomic mass is 10.1. The van der Waals surface area contributed by atoms with Crippen molar-refractivity contribution in [2.45, 2.75) is 96.8 Å². The predicted octanol–water partition coefficient (Wildman–Crippen LogP) is 8.78. The number of benzene rings is 2. The molecule has 164 valence electrons. The lowest BCUT2D eigenvalue weighted by Gasteiger charge is -2.06. The molecule has 0 aliphatic carbocycles. The Morgan fingerprint density at radius 2 is 1.33 bits per heavy atom. The van der Waals surface area contributed by atoms with Gasteiger partial charge >= 0.3 is 5.97 Å². The highest BCUT2D eigenvalue weighted by Gasteiger charge is 2.05. The van der Waals surface area contributed by atoms with Gasteiger partial charge < -0.3 is 4.74 Å². The third kappa shape index (κ3) is 10.6. The smallest absolute Gasteiger partial charge is 0.311 e. The lowest BCUT2D eigenvalue weighted by Crippen LogP contribution is -2.07. The van der Waals surface area contributed by atoms with E-state index in [1.165, 1.54) is 70.6 Å². The first kappa shape index (κ1) is 24.2. The van der Waals surface area contributed by atoms with E-state index in [2.05, 4.69) is 25.1 Å². The van der Waals surface area contributed by atoms with Gasteiger partial charge in [0.25, 0.3) is 0 Å². The summed E-state index contributed by atoms with van der Waals surface area (Å²) in [4.78, 5) is 12.1. The minimum atomic E-state index is -0.122. The molecule has 0 radical (unpaired) electrons. The van der Waals surface area contributed by atoms with Crippen LogP contribution < -0.4 is 4.74 Å². The van der Waals surface area contributed by atoms with Crippen molar-refractivity contribution in [3.05, 3.63) is 54.6 Å². The maximum absolute atomic E-state index is 12.1. The van der Waals surface area contributed by atoms with Gasteiger partial charge in [-0.1, -0.05) is 101 Å². The summed E-state index contributed by atoms with van der Waals surface area (Å²) in [6.07, 6.45) is 21.6. The quantitative estimate of drug-likeness (QED) is 0.120. The number of allylic oxidation sites excluding steroid dienone is 2. The zero-order chi connectivity index (χ0) is 21.3. The summed E-state index contributed by atoms with van der Waals surface area (Å²) in [6.45, 7) is 2.27. The van der Waals surface area contributed by atoms with E-state index < -0.39 is 0 Å². The molecule has 0 N–H and O–H groups in total. The van der Waals surface area contributed by atoms with Crippen molar-refractivity contribution in [2.24, 2.45) is 0 Å². The Labute approximate surface area is 183 Å². The number of fused-ring (bicyclic) bond motifs is 1. The van der Waals surface area contributed by atoms with Crippen LogP contribution in [0.1, 0.15) is 96.8 Å². The number of carbonyl (C=O) groups excluding carboxylic acids is 1. The van der Waals surface area contributed by atoms with E-state index in [-0.39, 0.29) is 5.97 Å². The van der Waals surface area contributed by atoms with Crippen LogP contribution in [-0.4, -0.2) is 5.97 Å². The summed E-state index contributed by atoms with van der Waals surface area (Å²) < 4.78 is 5.49. The van der Waals surface area contributed by atoms with Gasteiger partial charge in [0.05, 0.1) is 0 Å². The molecule has 0 saturated heterocycles. The normalized spacial score (nSPS) is 11.4. The summed E-state index contributed by atoms with van der Waals surface area (Å²) in [6, 6.07) is 13.9. The molecule has 0 spiro atoms. The molecule has 0 amide bonds. The number of unbranched alkanes of at least 4 members (excludes halogenated alkanes) is 11. The van der Waals surface area contributed by atoms with Crippen LogP contribution in [0.3, 0.4) is 0 Å². The molecule has 0 saturated carbocycles. The van der Waals surface area contributed by atoms with Gasteiger partial charge in [0.15, 0.2) is 0 Å². The average Bonchev–Trinajstić information content (AvgIpc) is 2.76. The predicted molar refractivity (Wildman–Crippen MR) is 129 cm³/mol. The number of carbonyl (C=O) groups is 1. The maximum Gasteiger partial charge on any atom is 0.311 e. The molecule has 0 aliphatic rings. The van der Waals surface area contributed by atoms with E-state index in [1.807, 2.05) is 36.4 Å². The molecule has 2 aromatic rings. The topological polar surface area (TPSA) is 26.3 Å². The molecule has 0 fully saturated rings. The Kier molecular flexibility index (Phi) is 12.7. The van der Waals surface area contributed by atoms with Gasteiger partial charge in [-0.3, -0.25) is 4.79 Å². The fraction of sp³-hybridized carbons (Fsp3) is 0.536. The summed E-state index contributed by atoms with van der Waals surface area (Å²) in [7, 11) is 0. The zero-order valence-electron chi connectivity index (χ0n) is 18.9. The summed E-state index contributed by atoms with van der Waals surface area (Å²) in [5, 5.41) is 2.26. The molecule has 0 bridgehead atoms. The van der Waals surface area contributed by atoms with Gasteiger partial charge in [-0.05, 0) is 55.0 Å². The van der Waals surface area contributed by atoms with E-state index in [1.54, 1.807) is 0 Å². The van der Waals surface area contributed by atoms with Gasteiger partial charge in [0, 0.05) is 6.42 Å². The Bertz CT molecular complexity index is 747. The molecule has 2 heteroatoms. The van der Waals surface area contributed by atoms with E-state index in [4.69, 9.17) is 4.74 Å². The molecule has 2 rings (SSSR count). The van der Waals surface area contributed by atoms with Crippen LogP contribution in [0.4, 0.5) is 0 Å². The molecule has 0 aromatic heterocycles. The minimum absolute atomic E-state index is 0.122. The lowest BCUT2D eigenvalue weighted by molar-refractivity contribution is -0.134. The van der Waals surface area contributed by atoms with Crippen LogP contribution in [0, 0.1) is 0 Å². The number of rotatable bonds is 16. The monoisotopic (exact) mass is 408 g/mol. The Balaban J connectivity index is 1.43. The second kappa shape index (κ2) is 15.7. The summed E-state index contributed by atoms with van der Waals surface area (Å²) >= 11 is 0. The van der Waals surface area contributed by atoms with Crippen LogP contribution in [-0.2, 0) is 4.79 Å². The SMILES string of the molecule is CCCCCCCCC=CCCCCCCCC(=O)Oc1ccc2ccccc2c1. The van der Waals surface area contributed by atoms with E-state index in [9.17, 15) is 4.79 Å². The van der Waals surface area contributed by atoms with Crippen molar-refractivity contribution < 1.29 is 9.53 Å². The van der Waals surface area contributed by atoms with Gasteiger partial charge in [-0.2, -0.15) is 0 Å². The Hall–Kier alpha value is -2.09. The fourth-order valence-electron chi connectivity index (χ4n) is 3.75. The molecular weight excluding hydrogens is 368 g/mol. The largest absolute Gasteiger partial charge is 0.427 e. The first-order chi connectivity index (χ1) is 14.8. The number of hydrogen-bond acceptors (Lipinski definition) is 2. The summed E-state index contributed by atoms with van der Waals surface area (Å²) in [5.41, 5.74) is 0. The average molecular weight is 409 g/mol. The molecule has 0 unspecified atom stereocenters. The Morgan fingerprint density at radius 3 is 2.03 bits per heavy atom. The van der Waals surface area contributed by atoms with E-state index >= 15 is 0 Å². The first-order valence-corrected chi connectivity index (χ1v) is 12.1. The van der Waals surface area contributed by atoms with Crippen LogP contribution >= 0.6 is 0 Å². The molecule has 30 heavy (non-hydrogen) atoms. The van der Waals surface area contributed by atoms with Crippen LogP contribution in [0.25, 0.3) is 10.8 Å². The standard InChI is InChI=1S/C28H40O2/c1-2-3-4-5-6-7-8-9-10-11-12-13-14-15-16-21-28(29)30-27-23-22-25-19-17-18-20-26(25)24-27/h9-10,17-20,22-24H,2-8,11-16,21H2,1H3. The van der Waals surface area contributed by atoms with Crippen molar-refractivity contribution in [1.29, 1.82) is 0 Å². The first-order valence-electron chi connectivity index (χ1n) is 12.1. The van der Waals surface area contributed by atoms with E-state index in [0.717, 1.165) is 23.6 Å². The van der Waals surface area contributed by atoms with Gasteiger partial charge in [-0.15, -0.1) is 0 Å². The third-order valence-electron chi connectivity index (χ3n) is 5.60. The van der Waals surface area contributed by atoms with Crippen molar-refractivity contribution in [1.82, 2.24) is 0 Å². The second-order valence-corrected chi connectivity index (χ2v) is 8.32. The molecular formula is C28H40O2. The van der Waals surface area contributed by atoms with Crippen LogP contribution in [0.15, 0.2) is 54.6 Å². The van der Waals surface area contributed by atoms with Gasteiger partial charge in [-0.25, -0.2) is 0 Å². The highest BCUT2D eigenvalue weighted by Crippen LogP contribution is 2.21. The molecule has 2 aromatic carbocycles. The number of ether oxygens (including phenoxy) is 1. The Morgan fingerprint density at radius 1 is 0.733 bits per heavy atom. The molecule has 2 nitrogen and oxygen atoms in total. The van der Waals surface area contributed by atoms with Crippen molar-refractivity contribution in [3.63, 3.8) is 0 Å². The highest BCUT2D eigenvalue weighted by molar-refractivity contribution is 5.84. The van der Waals surface area contributed by atoms with Gasteiger partial charge in [0.1, 0.15) is 5.75 Å². The van der Waals surface area contributed by atoms with Crippen LogP contribution in [0.2, 0.25) is 0 Å². The maximum atomic E-state index is 12.1. The highest BCUT2D eigenvalue weighted by atomic mass is 16.5. The van der Waals surface area contributed by atoms with Crippen LogP contribution in [0.5, 0.6) is 5.75 Å². The van der Waals surface area contributed by atoms with Crippen molar-refractivity contribution in [2.75, 3.05) is 0 Å². The van der Waals surface area contributed by atoms with Crippen molar-refractivity contribution >= 4 is 16.7 Å². The number of esters is 1. The van der Waals surface area contributed by atoms with Crippen molar-refractivity contribution in [3.8, 4) is 5.75 Å². The van der Waals surface area contributed by atoms with Gasteiger partial charge in [0.2, 0.25) is 0 Å². The number of hydrogen-bond donors (Lipinski definition) is 0. The fourth-order valence-corrected chi connectivity index (χ4v) is 3.75. The molecule has 0 aliphatic heterocycles. The third-order valence-corrected chi connectivity index (χ3v) is 5.60. The summed E-state index contributed by atoms with van der Waals surface area (Å²) in [5.74, 6) is 0.523. The van der Waals surface area contributed by atoms with E-state index in [0.29, 0.717) is 12.2 Å². The molecule has 0 atom stereocenters. The molecule has 0 heterocycles. The minimum Gasteiger partial charge on any atom is -0.427 e. The second-order valence-electron chi connectivity index (χ2n) is 8.32.